The Morgan fingerprint density at radius 2 is 1.92 bits per heavy atom. The van der Waals surface area contributed by atoms with Gasteiger partial charge in [-0.3, -0.25) is 4.79 Å². The van der Waals surface area contributed by atoms with E-state index in [0.717, 1.165) is 51.4 Å². The molecule has 1 amide bonds. The predicted molar refractivity (Wildman–Crippen MR) is 119 cm³/mol. The maximum Gasteiger partial charge on any atom is 0.222 e. The molecule has 0 unspecified atom stereocenters. The predicted octanol–water partition coefficient (Wildman–Crippen LogP) is 3.46. The number of nitrogens with zero attached hydrogens (tertiary/aromatic N) is 2. The van der Waals surface area contributed by atoms with E-state index in [1.165, 1.54) is 17.5 Å². The van der Waals surface area contributed by atoms with Gasteiger partial charge in [0.05, 0.1) is 6.54 Å². The van der Waals surface area contributed by atoms with Crippen molar-refractivity contribution in [3.8, 4) is 0 Å². The Hall–Kier alpha value is -1.31. The van der Waals surface area contributed by atoms with Gasteiger partial charge in [-0.25, -0.2) is 4.99 Å². The summed E-state index contributed by atoms with van der Waals surface area (Å²) >= 11 is 0. The van der Waals surface area contributed by atoms with Gasteiger partial charge in [0, 0.05) is 32.6 Å². The molecule has 1 aliphatic rings. The number of carbonyl (C=O) groups is 1. The van der Waals surface area contributed by atoms with Gasteiger partial charge < -0.3 is 15.5 Å². The van der Waals surface area contributed by atoms with E-state index in [2.05, 4.69) is 53.7 Å². The number of benzene rings is 1. The molecule has 1 saturated heterocycles. The van der Waals surface area contributed by atoms with E-state index in [4.69, 9.17) is 0 Å². The Balaban J connectivity index is 0.00000338. The van der Waals surface area contributed by atoms with E-state index in [0.29, 0.717) is 18.9 Å². The van der Waals surface area contributed by atoms with Crippen LogP contribution in [0.3, 0.4) is 0 Å². The number of amides is 1. The molecule has 26 heavy (non-hydrogen) atoms. The molecule has 1 aromatic carbocycles. The van der Waals surface area contributed by atoms with E-state index >= 15 is 0 Å². The minimum Gasteiger partial charge on any atom is -0.357 e. The fourth-order valence-corrected chi connectivity index (χ4v) is 2.96. The van der Waals surface area contributed by atoms with Gasteiger partial charge in [0.25, 0.3) is 0 Å². The molecule has 0 radical (unpaired) electrons. The molecule has 0 aromatic heterocycles. The summed E-state index contributed by atoms with van der Waals surface area (Å²) in [6.45, 7) is 8.24. The molecular formula is C20H33IN4O. The second-order valence-corrected chi connectivity index (χ2v) is 6.65. The summed E-state index contributed by atoms with van der Waals surface area (Å²) in [7, 11) is 0. The van der Waals surface area contributed by atoms with Crippen molar-refractivity contribution < 1.29 is 4.79 Å². The molecule has 146 valence electrons. The topological polar surface area (TPSA) is 56.7 Å². The van der Waals surface area contributed by atoms with Crippen LogP contribution in [0.15, 0.2) is 29.3 Å². The van der Waals surface area contributed by atoms with Gasteiger partial charge in [-0.15, -0.1) is 24.0 Å². The fraction of sp³-hybridized carbons (Fsp3) is 0.600. The van der Waals surface area contributed by atoms with Crippen LogP contribution in [0.1, 0.15) is 50.2 Å². The minimum absolute atomic E-state index is 0. The number of likely N-dealkylation sites (tertiary alicyclic amines) is 1. The highest BCUT2D eigenvalue weighted by Gasteiger charge is 2.15. The first-order valence-electron chi connectivity index (χ1n) is 9.54. The summed E-state index contributed by atoms with van der Waals surface area (Å²) in [6.07, 6.45) is 5.02. The van der Waals surface area contributed by atoms with Crippen molar-refractivity contribution in [1.29, 1.82) is 0 Å². The Labute approximate surface area is 175 Å². The first-order valence-corrected chi connectivity index (χ1v) is 9.54. The zero-order chi connectivity index (χ0) is 17.9. The molecule has 2 N–H and O–H groups in total. The van der Waals surface area contributed by atoms with E-state index in [9.17, 15) is 4.79 Å². The van der Waals surface area contributed by atoms with Crippen LogP contribution < -0.4 is 10.6 Å². The number of hydrogen-bond donors (Lipinski definition) is 2. The Kier molecular flexibility index (Phi) is 11.3. The number of hydrogen-bond acceptors (Lipinski definition) is 2. The number of guanidine groups is 1. The summed E-state index contributed by atoms with van der Waals surface area (Å²) in [5, 5.41) is 6.65. The third-order valence-corrected chi connectivity index (χ3v) is 4.45. The molecule has 6 heteroatoms. The van der Waals surface area contributed by atoms with Crippen molar-refractivity contribution in [2.75, 3.05) is 26.2 Å². The van der Waals surface area contributed by atoms with Crippen molar-refractivity contribution in [2.45, 2.75) is 52.5 Å². The highest BCUT2D eigenvalue weighted by atomic mass is 127. The van der Waals surface area contributed by atoms with E-state index in [-0.39, 0.29) is 24.0 Å². The van der Waals surface area contributed by atoms with Gasteiger partial charge in [-0.05, 0) is 38.7 Å². The fourth-order valence-electron chi connectivity index (χ4n) is 2.96. The highest BCUT2D eigenvalue weighted by molar-refractivity contribution is 14.0. The number of aryl methyl sites for hydroxylation is 1. The Morgan fingerprint density at radius 3 is 2.65 bits per heavy atom. The van der Waals surface area contributed by atoms with Crippen LogP contribution in [0.4, 0.5) is 0 Å². The zero-order valence-electron chi connectivity index (χ0n) is 16.1. The largest absolute Gasteiger partial charge is 0.357 e. The molecule has 5 nitrogen and oxygen atoms in total. The van der Waals surface area contributed by atoms with Gasteiger partial charge in [0.1, 0.15) is 0 Å². The van der Waals surface area contributed by atoms with Crippen LogP contribution in [0.25, 0.3) is 0 Å². The van der Waals surface area contributed by atoms with E-state index in [1.807, 2.05) is 4.90 Å². The highest BCUT2D eigenvalue weighted by Crippen LogP contribution is 2.11. The van der Waals surface area contributed by atoms with Gasteiger partial charge in [0.15, 0.2) is 5.96 Å². The summed E-state index contributed by atoms with van der Waals surface area (Å²) in [6, 6.07) is 8.47. The van der Waals surface area contributed by atoms with Crippen LogP contribution in [-0.2, 0) is 11.3 Å². The molecule has 2 rings (SSSR count). The molecule has 0 spiro atoms. The van der Waals surface area contributed by atoms with Gasteiger partial charge in [-0.2, -0.15) is 0 Å². The van der Waals surface area contributed by atoms with Crippen LogP contribution in [0, 0.1) is 6.92 Å². The van der Waals surface area contributed by atoms with Gasteiger partial charge >= 0.3 is 0 Å². The maximum atomic E-state index is 12.0. The lowest BCUT2D eigenvalue weighted by Gasteiger charge is -2.20. The van der Waals surface area contributed by atoms with E-state index < -0.39 is 0 Å². The Morgan fingerprint density at radius 1 is 1.15 bits per heavy atom. The molecule has 0 atom stereocenters. The molecular weight excluding hydrogens is 439 g/mol. The Bertz CT molecular complexity index is 559. The average molecular weight is 472 g/mol. The third-order valence-electron chi connectivity index (χ3n) is 4.45. The second-order valence-electron chi connectivity index (χ2n) is 6.65. The summed E-state index contributed by atoms with van der Waals surface area (Å²) < 4.78 is 0. The molecule has 1 aliphatic heterocycles. The van der Waals surface area contributed by atoms with Crippen molar-refractivity contribution in [1.82, 2.24) is 15.5 Å². The minimum atomic E-state index is 0. The third kappa shape index (κ3) is 8.38. The normalized spacial score (nSPS) is 15.2. The first kappa shape index (κ1) is 22.7. The molecule has 0 saturated carbocycles. The molecule has 1 aromatic rings. The summed E-state index contributed by atoms with van der Waals surface area (Å²) in [4.78, 5) is 18.7. The van der Waals surface area contributed by atoms with E-state index in [1.54, 1.807) is 0 Å². The number of nitrogens with one attached hydrogen (secondary N) is 2. The molecule has 1 fully saturated rings. The average Bonchev–Trinajstić information content (AvgIpc) is 2.82. The number of aliphatic imine (C=N–C) groups is 1. The number of halogens is 1. The van der Waals surface area contributed by atoms with Crippen LogP contribution >= 0.6 is 24.0 Å². The lowest BCUT2D eigenvalue weighted by atomic mass is 10.1. The van der Waals surface area contributed by atoms with Crippen molar-refractivity contribution in [3.05, 3.63) is 35.4 Å². The SMILES string of the molecule is CCNC(=NCc1ccc(C)cc1)NCCCN1CCCCCC1=O.I. The quantitative estimate of drug-likeness (QED) is 0.277. The first-order chi connectivity index (χ1) is 12.2. The van der Waals surface area contributed by atoms with Crippen molar-refractivity contribution >= 4 is 35.8 Å². The van der Waals surface area contributed by atoms with Crippen LogP contribution in [0.5, 0.6) is 0 Å². The van der Waals surface area contributed by atoms with Crippen LogP contribution in [-0.4, -0.2) is 42.9 Å². The monoisotopic (exact) mass is 472 g/mol. The molecule has 0 aliphatic carbocycles. The maximum absolute atomic E-state index is 12.0. The zero-order valence-corrected chi connectivity index (χ0v) is 18.4. The lowest BCUT2D eigenvalue weighted by Crippen LogP contribution is -2.39. The van der Waals surface area contributed by atoms with Crippen molar-refractivity contribution in [2.24, 2.45) is 4.99 Å². The summed E-state index contributed by atoms with van der Waals surface area (Å²) in [5.74, 6) is 1.16. The summed E-state index contributed by atoms with van der Waals surface area (Å²) in [5.41, 5.74) is 2.47. The number of rotatable bonds is 7. The second kappa shape index (κ2) is 12.9. The molecule has 0 bridgehead atoms. The molecule has 1 heterocycles. The van der Waals surface area contributed by atoms with Crippen molar-refractivity contribution in [3.63, 3.8) is 0 Å². The standard InChI is InChI=1S/C20H32N4O.HI/c1-3-21-20(23-16-18-11-9-17(2)10-12-18)22-13-7-15-24-14-6-4-5-8-19(24)25;/h9-12H,3-8,13-16H2,1-2H3,(H2,21,22,23);1H. The van der Waals surface area contributed by atoms with Gasteiger partial charge in [0.2, 0.25) is 5.91 Å². The number of carbonyl (C=O) groups excluding carboxylic acids is 1. The lowest BCUT2D eigenvalue weighted by molar-refractivity contribution is -0.130. The van der Waals surface area contributed by atoms with Gasteiger partial charge in [-0.1, -0.05) is 36.2 Å². The smallest absolute Gasteiger partial charge is 0.222 e. The van der Waals surface area contributed by atoms with Crippen LogP contribution in [0.2, 0.25) is 0 Å².